The lowest BCUT2D eigenvalue weighted by molar-refractivity contribution is -0.139. The minimum atomic E-state index is -1.02. The zero-order valence-corrected chi connectivity index (χ0v) is 13.0. The van der Waals surface area contributed by atoms with E-state index in [0.717, 1.165) is 24.0 Å². The van der Waals surface area contributed by atoms with E-state index in [0.29, 0.717) is 11.3 Å². The van der Waals surface area contributed by atoms with Crippen molar-refractivity contribution in [1.29, 1.82) is 0 Å². The van der Waals surface area contributed by atoms with E-state index in [1.165, 1.54) is 0 Å². The molecule has 0 fully saturated rings. The second-order valence-corrected chi connectivity index (χ2v) is 5.11. The molecule has 0 atom stereocenters. The average molecular weight is 293 g/mol. The Bertz CT molecular complexity index is 498. The van der Waals surface area contributed by atoms with Gasteiger partial charge in [-0.3, -0.25) is 4.79 Å². The van der Waals surface area contributed by atoms with Gasteiger partial charge in [-0.15, -0.1) is 0 Å². The molecule has 5 nitrogen and oxygen atoms in total. The molecule has 1 rings (SSSR count). The summed E-state index contributed by atoms with van der Waals surface area (Å²) in [5.74, 6) is -0.611. The van der Waals surface area contributed by atoms with Gasteiger partial charge in [-0.2, -0.15) is 0 Å². The van der Waals surface area contributed by atoms with Crippen molar-refractivity contribution in [2.24, 2.45) is 0 Å². The summed E-state index contributed by atoms with van der Waals surface area (Å²) in [6, 6.07) is 3.62. The number of carbonyl (C=O) groups is 2. The number of rotatable bonds is 7. The number of aryl methyl sites for hydroxylation is 2. The van der Waals surface area contributed by atoms with E-state index < -0.39 is 5.97 Å². The van der Waals surface area contributed by atoms with E-state index in [2.05, 4.69) is 5.32 Å². The molecule has 0 saturated carbocycles. The van der Waals surface area contributed by atoms with Crippen molar-refractivity contribution in [3.05, 3.63) is 28.8 Å². The minimum Gasteiger partial charge on any atom is -0.481 e. The van der Waals surface area contributed by atoms with E-state index in [9.17, 15) is 9.59 Å². The molecule has 0 unspecified atom stereocenters. The van der Waals surface area contributed by atoms with Gasteiger partial charge in [0, 0.05) is 11.6 Å². The molecule has 5 heteroatoms. The molecule has 0 aliphatic rings. The predicted molar refractivity (Wildman–Crippen MR) is 80.9 cm³/mol. The summed E-state index contributed by atoms with van der Waals surface area (Å²) < 4.78 is 5.26. The Labute approximate surface area is 125 Å². The van der Waals surface area contributed by atoms with Gasteiger partial charge in [-0.1, -0.05) is 13.8 Å². The van der Waals surface area contributed by atoms with Crippen molar-refractivity contribution in [3.8, 4) is 5.75 Å². The molecule has 1 aromatic rings. The number of benzene rings is 1. The number of hydrogen-bond acceptors (Lipinski definition) is 3. The monoisotopic (exact) mass is 293 g/mol. The third kappa shape index (κ3) is 4.77. The molecule has 0 heterocycles. The van der Waals surface area contributed by atoms with Crippen LogP contribution >= 0.6 is 0 Å². The Morgan fingerprint density at radius 1 is 1.19 bits per heavy atom. The van der Waals surface area contributed by atoms with Crippen LogP contribution in [0.15, 0.2) is 12.1 Å². The molecule has 0 bridgehead atoms. The summed E-state index contributed by atoms with van der Waals surface area (Å²) in [6.45, 7) is 7.29. The van der Waals surface area contributed by atoms with Gasteiger partial charge in [0.25, 0.3) is 5.91 Å². The highest BCUT2D eigenvalue weighted by Gasteiger charge is 2.14. The molecule has 0 spiro atoms. The van der Waals surface area contributed by atoms with E-state index in [4.69, 9.17) is 9.84 Å². The second kappa shape index (κ2) is 7.67. The van der Waals surface area contributed by atoms with Crippen molar-refractivity contribution in [3.63, 3.8) is 0 Å². The molecule has 21 heavy (non-hydrogen) atoms. The maximum Gasteiger partial charge on any atom is 0.341 e. The van der Waals surface area contributed by atoms with Crippen LogP contribution in [0.25, 0.3) is 0 Å². The zero-order valence-electron chi connectivity index (χ0n) is 13.0. The molecular weight excluding hydrogens is 270 g/mol. The van der Waals surface area contributed by atoms with Gasteiger partial charge >= 0.3 is 5.97 Å². The predicted octanol–water partition coefficient (Wildman–Crippen LogP) is 2.69. The highest BCUT2D eigenvalue weighted by molar-refractivity contribution is 5.95. The van der Waals surface area contributed by atoms with Crippen molar-refractivity contribution >= 4 is 11.9 Å². The molecule has 0 radical (unpaired) electrons. The topological polar surface area (TPSA) is 75.6 Å². The number of carboxylic acid groups (broad SMARTS) is 1. The highest BCUT2D eigenvalue weighted by atomic mass is 16.5. The first-order valence-corrected chi connectivity index (χ1v) is 7.15. The Balaban J connectivity index is 2.91. The number of carboxylic acids is 1. The Hall–Kier alpha value is -2.04. The van der Waals surface area contributed by atoms with Crippen LogP contribution in [0.4, 0.5) is 0 Å². The summed E-state index contributed by atoms with van der Waals surface area (Å²) in [5, 5.41) is 11.6. The van der Waals surface area contributed by atoms with Gasteiger partial charge in [0.15, 0.2) is 6.61 Å². The lowest BCUT2D eigenvalue weighted by Gasteiger charge is -2.16. The van der Waals surface area contributed by atoms with Gasteiger partial charge in [0.05, 0.1) is 0 Å². The summed E-state index contributed by atoms with van der Waals surface area (Å²) in [5.41, 5.74) is 2.08. The van der Waals surface area contributed by atoms with E-state index >= 15 is 0 Å². The quantitative estimate of drug-likeness (QED) is 0.810. The van der Waals surface area contributed by atoms with Crippen LogP contribution < -0.4 is 10.1 Å². The van der Waals surface area contributed by atoms with E-state index in [1.807, 2.05) is 13.8 Å². The Kier molecular flexibility index (Phi) is 6.21. The van der Waals surface area contributed by atoms with Gasteiger partial charge in [-0.05, 0) is 49.9 Å². The van der Waals surface area contributed by atoms with Crippen molar-refractivity contribution in [1.82, 2.24) is 5.32 Å². The van der Waals surface area contributed by atoms with Gasteiger partial charge in [0.2, 0.25) is 0 Å². The molecule has 1 amide bonds. The Morgan fingerprint density at radius 3 is 2.14 bits per heavy atom. The van der Waals surface area contributed by atoms with Crippen molar-refractivity contribution in [2.75, 3.05) is 6.61 Å². The standard InChI is InChI=1S/C16H23NO4/c1-5-13(6-2)17-16(20)12-7-10(3)15(11(4)8-12)21-9-14(18)19/h7-8,13H,5-6,9H2,1-4H3,(H,17,20)(H,18,19). The van der Waals surface area contributed by atoms with Gasteiger partial charge in [0.1, 0.15) is 5.75 Å². The second-order valence-electron chi connectivity index (χ2n) is 5.11. The van der Waals surface area contributed by atoms with Crippen LogP contribution in [-0.4, -0.2) is 29.6 Å². The summed E-state index contributed by atoms with van der Waals surface area (Å²) in [6.07, 6.45) is 1.78. The fourth-order valence-electron chi connectivity index (χ4n) is 2.20. The number of aliphatic carboxylic acids is 1. The van der Waals surface area contributed by atoms with Gasteiger partial charge in [-0.25, -0.2) is 4.79 Å². The van der Waals surface area contributed by atoms with Crippen LogP contribution in [0.3, 0.4) is 0 Å². The smallest absolute Gasteiger partial charge is 0.341 e. The number of nitrogens with one attached hydrogen (secondary N) is 1. The number of hydrogen-bond donors (Lipinski definition) is 2. The van der Waals surface area contributed by atoms with Gasteiger partial charge < -0.3 is 15.2 Å². The van der Waals surface area contributed by atoms with Crippen LogP contribution in [0.5, 0.6) is 5.75 Å². The van der Waals surface area contributed by atoms with Crippen LogP contribution in [-0.2, 0) is 4.79 Å². The molecule has 0 saturated heterocycles. The number of ether oxygens (including phenoxy) is 1. The number of carbonyl (C=O) groups excluding carboxylic acids is 1. The third-order valence-corrected chi connectivity index (χ3v) is 3.38. The molecule has 0 aliphatic carbocycles. The van der Waals surface area contributed by atoms with Crippen molar-refractivity contribution in [2.45, 2.75) is 46.6 Å². The van der Waals surface area contributed by atoms with Crippen LogP contribution in [0, 0.1) is 13.8 Å². The molecular formula is C16H23NO4. The summed E-state index contributed by atoms with van der Waals surface area (Å²) in [7, 11) is 0. The maximum absolute atomic E-state index is 12.2. The first kappa shape index (κ1) is 17.0. The third-order valence-electron chi connectivity index (χ3n) is 3.38. The molecule has 116 valence electrons. The lowest BCUT2D eigenvalue weighted by Crippen LogP contribution is -2.33. The fourth-order valence-corrected chi connectivity index (χ4v) is 2.20. The number of amides is 1. The fraction of sp³-hybridized carbons (Fsp3) is 0.500. The highest BCUT2D eigenvalue weighted by Crippen LogP contribution is 2.25. The van der Waals surface area contributed by atoms with Crippen LogP contribution in [0.1, 0.15) is 48.2 Å². The lowest BCUT2D eigenvalue weighted by atomic mass is 10.0. The molecule has 2 N–H and O–H groups in total. The SMILES string of the molecule is CCC(CC)NC(=O)c1cc(C)c(OCC(=O)O)c(C)c1. The van der Waals surface area contributed by atoms with E-state index in [-0.39, 0.29) is 18.6 Å². The van der Waals surface area contributed by atoms with Crippen LogP contribution in [0.2, 0.25) is 0 Å². The molecule has 1 aromatic carbocycles. The zero-order chi connectivity index (χ0) is 16.0. The van der Waals surface area contributed by atoms with Crippen molar-refractivity contribution < 1.29 is 19.4 Å². The molecule has 0 aromatic heterocycles. The Morgan fingerprint density at radius 2 is 1.71 bits per heavy atom. The maximum atomic E-state index is 12.2. The first-order valence-electron chi connectivity index (χ1n) is 7.15. The summed E-state index contributed by atoms with van der Waals surface area (Å²) >= 11 is 0. The molecule has 0 aliphatic heterocycles. The normalized spacial score (nSPS) is 10.5. The first-order chi connectivity index (χ1) is 9.88. The summed E-state index contributed by atoms with van der Waals surface area (Å²) in [4.78, 5) is 22.8. The largest absolute Gasteiger partial charge is 0.481 e. The minimum absolute atomic E-state index is 0.111. The van der Waals surface area contributed by atoms with E-state index in [1.54, 1.807) is 26.0 Å². The average Bonchev–Trinajstić information content (AvgIpc) is 2.43.